The van der Waals surface area contributed by atoms with Gasteiger partial charge in [-0.1, -0.05) is 23.7 Å². The zero-order chi connectivity index (χ0) is 17.1. The van der Waals surface area contributed by atoms with E-state index in [4.69, 9.17) is 11.6 Å². The zero-order valence-electron chi connectivity index (χ0n) is 13.4. The van der Waals surface area contributed by atoms with E-state index in [-0.39, 0.29) is 5.56 Å². The van der Waals surface area contributed by atoms with Gasteiger partial charge in [-0.25, -0.2) is 4.98 Å². The first kappa shape index (κ1) is 16.5. The van der Waals surface area contributed by atoms with Crippen molar-refractivity contribution in [3.8, 4) is 6.07 Å². The molecule has 0 atom stereocenters. The summed E-state index contributed by atoms with van der Waals surface area (Å²) in [5.41, 5.74) is 0.646. The Kier molecular flexibility index (Phi) is 4.84. The van der Waals surface area contributed by atoms with Crippen molar-refractivity contribution in [1.29, 1.82) is 5.26 Å². The van der Waals surface area contributed by atoms with Crippen molar-refractivity contribution < 1.29 is 0 Å². The molecule has 7 heteroatoms. The maximum absolute atomic E-state index is 12.3. The average molecular weight is 344 g/mol. The van der Waals surface area contributed by atoms with E-state index < -0.39 is 5.56 Å². The Morgan fingerprint density at radius 2 is 2.08 bits per heavy atom. The number of hydrogen-bond donors (Lipinski definition) is 1. The topological polar surface area (TPSA) is 76.0 Å². The third kappa shape index (κ3) is 3.58. The number of anilines is 1. The number of likely N-dealkylation sites (N-methyl/N-ethyl adjacent to an activating group) is 1. The molecule has 24 heavy (non-hydrogen) atoms. The van der Waals surface area contributed by atoms with Crippen LogP contribution < -0.4 is 10.5 Å². The van der Waals surface area contributed by atoms with Gasteiger partial charge in [0.15, 0.2) is 11.4 Å². The highest BCUT2D eigenvalue weighted by atomic mass is 35.5. The molecule has 2 heterocycles. The Balaban J connectivity index is 1.94. The third-order valence-electron chi connectivity index (χ3n) is 4.12. The van der Waals surface area contributed by atoms with Gasteiger partial charge in [-0.3, -0.25) is 4.79 Å². The maximum Gasteiger partial charge on any atom is 0.271 e. The number of nitriles is 1. The number of hydrogen-bond acceptors (Lipinski definition) is 5. The first-order chi connectivity index (χ1) is 11.6. The van der Waals surface area contributed by atoms with Crippen molar-refractivity contribution in [2.24, 2.45) is 0 Å². The molecule has 0 unspecified atom stereocenters. The van der Waals surface area contributed by atoms with Crippen LogP contribution in [0.25, 0.3) is 0 Å². The summed E-state index contributed by atoms with van der Waals surface area (Å²) in [5.74, 6) is 1.02. The van der Waals surface area contributed by atoms with Gasteiger partial charge < -0.3 is 14.8 Å². The molecule has 2 aromatic rings. The molecule has 0 amide bonds. The van der Waals surface area contributed by atoms with Gasteiger partial charge in [0.25, 0.3) is 5.56 Å². The van der Waals surface area contributed by atoms with E-state index in [9.17, 15) is 10.1 Å². The number of nitrogens with one attached hydrogen (secondary N) is 1. The molecule has 3 rings (SSSR count). The summed E-state index contributed by atoms with van der Waals surface area (Å²) in [6.07, 6.45) is 0.461. The predicted octanol–water partition coefficient (Wildman–Crippen LogP) is 1.64. The van der Waals surface area contributed by atoms with E-state index in [0.29, 0.717) is 23.1 Å². The summed E-state index contributed by atoms with van der Waals surface area (Å²) in [5, 5.41) is 9.98. The molecule has 0 radical (unpaired) electrons. The first-order valence-electron chi connectivity index (χ1n) is 7.78. The SMILES string of the molecule is CN1CCN(c2nc(Cc3cccc(Cl)c3)[nH]c(=O)c2C#N)CC1. The number of piperazine rings is 1. The summed E-state index contributed by atoms with van der Waals surface area (Å²) < 4.78 is 0. The zero-order valence-corrected chi connectivity index (χ0v) is 14.2. The molecule has 6 nitrogen and oxygen atoms in total. The highest BCUT2D eigenvalue weighted by Gasteiger charge is 2.21. The largest absolute Gasteiger partial charge is 0.353 e. The Labute approximate surface area is 145 Å². The number of rotatable bonds is 3. The molecule has 0 saturated carbocycles. The fourth-order valence-electron chi connectivity index (χ4n) is 2.78. The number of nitrogens with zero attached hydrogens (tertiary/aromatic N) is 4. The summed E-state index contributed by atoms with van der Waals surface area (Å²) >= 11 is 6.01. The molecule has 1 N–H and O–H groups in total. The minimum atomic E-state index is -0.390. The standard InChI is InChI=1S/C17H18ClN5O/c1-22-5-7-23(8-6-22)16-14(11-19)17(24)21-15(20-16)10-12-3-2-4-13(18)9-12/h2-4,9H,5-8,10H2,1H3,(H,20,21,24). The lowest BCUT2D eigenvalue weighted by molar-refractivity contribution is 0.312. The normalized spacial score (nSPS) is 15.3. The van der Waals surface area contributed by atoms with E-state index in [1.165, 1.54) is 0 Å². The van der Waals surface area contributed by atoms with E-state index >= 15 is 0 Å². The molecular formula is C17H18ClN5O. The lowest BCUT2D eigenvalue weighted by Crippen LogP contribution is -2.45. The summed E-state index contributed by atoms with van der Waals surface area (Å²) in [4.78, 5) is 23.8. The van der Waals surface area contributed by atoms with Crippen LogP contribution in [0, 0.1) is 11.3 Å². The van der Waals surface area contributed by atoms with E-state index in [0.717, 1.165) is 31.7 Å². The van der Waals surface area contributed by atoms with Gasteiger partial charge in [0.05, 0.1) is 0 Å². The second-order valence-electron chi connectivity index (χ2n) is 5.92. The van der Waals surface area contributed by atoms with Crippen molar-refractivity contribution >= 4 is 17.4 Å². The second-order valence-corrected chi connectivity index (χ2v) is 6.36. The van der Waals surface area contributed by atoms with Crippen LogP contribution in [0.2, 0.25) is 5.02 Å². The molecule has 1 aliphatic heterocycles. The molecular weight excluding hydrogens is 326 g/mol. The Hall–Kier alpha value is -2.36. The van der Waals surface area contributed by atoms with Crippen molar-refractivity contribution in [2.45, 2.75) is 6.42 Å². The fraction of sp³-hybridized carbons (Fsp3) is 0.353. The Morgan fingerprint density at radius 1 is 1.33 bits per heavy atom. The third-order valence-corrected chi connectivity index (χ3v) is 4.36. The Morgan fingerprint density at radius 3 is 2.75 bits per heavy atom. The minimum absolute atomic E-state index is 0.0781. The van der Waals surface area contributed by atoms with Crippen LogP contribution in [0.4, 0.5) is 5.82 Å². The van der Waals surface area contributed by atoms with Gasteiger partial charge in [-0.05, 0) is 24.7 Å². The van der Waals surface area contributed by atoms with Gasteiger partial charge in [-0.2, -0.15) is 5.26 Å². The number of aromatic nitrogens is 2. The van der Waals surface area contributed by atoms with Crippen LogP contribution in [0.1, 0.15) is 17.0 Å². The molecule has 1 aliphatic rings. The lowest BCUT2D eigenvalue weighted by atomic mass is 10.1. The van der Waals surface area contributed by atoms with Gasteiger partial charge in [0, 0.05) is 37.6 Å². The quantitative estimate of drug-likeness (QED) is 0.916. The molecule has 1 aromatic carbocycles. The smallest absolute Gasteiger partial charge is 0.271 e. The number of benzene rings is 1. The van der Waals surface area contributed by atoms with Crippen molar-refractivity contribution in [3.05, 3.63) is 56.6 Å². The van der Waals surface area contributed by atoms with E-state index in [2.05, 4.69) is 21.9 Å². The van der Waals surface area contributed by atoms with Gasteiger partial charge in [0.1, 0.15) is 11.9 Å². The fourth-order valence-corrected chi connectivity index (χ4v) is 2.99. The molecule has 1 aromatic heterocycles. The minimum Gasteiger partial charge on any atom is -0.353 e. The molecule has 0 spiro atoms. The Bertz CT molecular complexity index is 834. The van der Waals surface area contributed by atoms with Gasteiger partial charge in [0.2, 0.25) is 0 Å². The molecule has 1 fully saturated rings. The first-order valence-corrected chi connectivity index (χ1v) is 8.16. The maximum atomic E-state index is 12.3. The van der Waals surface area contributed by atoms with Crippen molar-refractivity contribution in [1.82, 2.24) is 14.9 Å². The van der Waals surface area contributed by atoms with Crippen LogP contribution >= 0.6 is 11.6 Å². The number of aromatic amines is 1. The lowest BCUT2D eigenvalue weighted by Gasteiger charge is -2.33. The number of halogens is 1. The summed E-state index contributed by atoms with van der Waals surface area (Å²) in [7, 11) is 2.05. The summed E-state index contributed by atoms with van der Waals surface area (Å²) in [6, 6.07) is 9.43. The molecule has 1 saturated heterocycles. The van der Waals surface area contributed by atoms with Crippen LogP contribution in [0.15, 0.2) is 29.1 Å². The molecule has 0 bridgehead atoms. The van der Waals surface area contributed by atoms with Crippen molar-refractivity contribution in [2.75, 3.05) is 38.1 Å². The van der Waals surface area contributed by atoms with Crippen LogP contribution in [0.5, 0.6) is 0 Å². The molecule has 0 aliphatic carbocycles. The van der Waals surface area contributed by atoms with E-state index in [1.54, 1.807) is 6.07 Å². The molecule has 124 valence electrons. The van der Waals surface area contributed by atoms with Gasteiger partial charge >= 0.3 is 0 Å². The predicted molar refractivity (Wildman–Crippen MR) is 93.5 cm³/mol. The van der Waals surface area contributed by atoms with Crippen LogP contribution in [-0.4, -0.2) is 48.1 Å². The highest BCUT2D eigenvalue weighted by molar-refractivity contribution is 6.30. The second kappa shape index (κ2) is 7.04. The van der Waals surface area contributed by atoms with Crippen LogP contribution in [0.3, 0.4) is 0 Å². The monoisotopic (exact) mass is 343 g/mol. The summed E-state index contributed by atoms with van der Waals surface area (Å²) in [6.45, 7) is 3.25. The van der Waals surface area contributed by atoms with Crippen LogP contribution in [-0.2, 0) is 6.42 Å². The average Bonchev–Trinajstić information content (AvgIpc) is 2.55. The number of H-pyrrole nitrogens is 1. The highest BCUT2D eigenvalue weighted by Crippen LogP contribution is 2.18. The van der Waals surface area contributed by atoms with Gasteiger partial charge in [-0.15, -0.1) is 0 Å². The van der Waals surface area contributed by atoms with Crippen molar-refractivity contribution in [3.63, 3.8) is 0 Å². The van der Waals surface area contributed by atoms with E-state index in [1.807, 2.05) is 29.2 Å².